The number of hydrogen-bond donors (Lipinski definition) is 2. The number of fused-ring (bicyclic) bond motifs is 1. The number of para-hydroxylation sites is 1. The van der Waals surface area contributed by atoms with Crippen molar-refractivity contribution in [1.29, 1.82) is 0 Å². The lowest BCUT2D eigenvalue weighted by Crippen LogP contribution is -2.48. The monoisotopic (exact) mass is 460 g/mol. The number of hydrogen-bond acceptors (Lipinski definition) is 5. The van der Waals surface area contributed by atoms with Crippen LogP contribution in [0.3, 0.4) is 0 Å². The Kier molecular flexibility index (Phi) is 6.23. The summed E-state index contributed by atoms with van der Waals surface area (Å²) in [7, 11) is -3.16. The van der Waals surface area contributed by atoms with E-state index >= 15 is 0 Å². The van der Waals surface area contributed by atoms with E-state index in [1.807, 2.05) is 37.4 Å². The zero-order chi connectivity index (χ0) is 22.9. The van der Waals surface area contributed by atoms with Gasteiger partial charge < -0.3 is 15.2 Å². The summed E-state index contributed by atoms with van der Waals surface area (Å²) in [6.07, 6.45) is 4.11. The summed E-state index contributed by atoms with van der Waals surface area (Å²) in [5.41, 5.74) is 1.86. The predicted octanol–water partition coefficient (Wildman–Crippen LogP) is 1.45. The van der Waals surface area contributed by atoms with Gasteiger partial charge in [0.15, 0.2) is 9.84 Å². The van der Waals surface area contributed by atoms with Gasteiger partial charge in [0.2, 0.25) is 5.91 Å². The number of sulfone groups is 1. The van der Waals surface area contributed by atoms with E-state index in [0.717, 1.165) is 34.2 Å². The molecule has 2 aliphatic rings. The van der Waals surface area contributed by atoms with Crippen molar-refractivity contribution in [3.8, 4) is 0 Å². The number of amides is 4. The fraction of sp³-hybridized carbons (Fsp3) is 0.500. The first kappa shape index (κ1) is 22.3. The summed E-state index contributed by atoms with van der Waals surface area (Å²) in [6.45, 7) is 2.02. The van der Waals surface area contributed by atoms with Gasteiger partial charge in [-0.1, -0.05) is 31.5 Å². The summed E-state index contributed by atoms with van der Waals surface area (Å²) in [6, 6.07) is 5.97. The predicted molar refractivity (Wildman–Crippen MR) is 120 cm³/mol. The second-order valence-electron chi connectivity index (χ2n) is 8.49. The Bertz CT molecular complexity index is 1140. The van der Waals surface area contributed by atoms with Crippen molar-refractivity contribution < 1.29 is 22.8 Å². The third-order valence-corrected chi connectivity index (χ3v) is 7.97. The van der Waals surface area contributed by atoms with Crippen LogP contribution in [0.25, 0.3) is 10.9 Å². The number of carbonyl (C=O) groups excluding carboxylic acids is 3. The summed E-state index contributed by atoms with van der Waals surface area (Å²) in [4.78, 5) is 44.1. The van der Waals surface area contributed by atoms with Crippen molar-refractivity contribution in [3.05, 3.63) is 36.0 Å². The number of carbonyl (C=O) groups is 3. The maximum Gasteiger partial charge on any atom is 0.325 e. The molecule has 2 atom stereocenters. The SMILES string of the molecule is CCCCN(C(=O)CN1C(=O)N[C@H](Cc2c[nH]c3ccccc23)C1=O)[C@H]1CCS(=O)(=O)C1. The van der Waals surface area contributed by atoms with Crippen LogP contribution in [-0.4, -0.2) is 77.7 Å². The van der Waals surface area contributed by atoms with Crippen molar-refractivity contribution in [1.82, 2.24) is 20.1 Å². The molecule has 0 saturated carbocycles. The quantitative estimate of drug-likeness (QED) is 0.578. The summed E-state index contributed by atoms with van der Waals surface area (Å²) < 4.78 is 23.8. The smallest absolute Gasteiger partial charge is 0.325 e. The lowest BCUT2D eigenvalue weighted by molar-refractivity contribution is -0.138. The molecule has 0 bridgehead atoms. The van der Waals surface area contributed by atoms with E-state index < -0.39 is 39.8 Å². The molecule has 2 N–H and O–H groups in total. The number of aromatic nitrogens is 1. The number of urea groups is 1. The second-order valence-corrected chi connectivity index (χ2v) is 10.7. The van der Waals surface area contributed by atoms with E-state index in [1.165, 1.54) is 0 Å². The molecule has 3 heterocycles. The molecule has 9 nitrogen and oxygen atoms in total. The first-order chi connectivity index (χ1) is 15.3. The van der Waals surface area contributed by atoms with Gasteiger partial charge in [0.05, 0.1) is 11.5 Å². The number of aromatic amines is 1. The Morgan fingerprint density at radius 2 is 2.03 bits per heavy atom. The zero-order valence-corrected chi connectivity index (χ0v) is 18.9. The van der Waals surface area contributed by atoms with Crippen molar-refractivity contribution >= 4 is 38.6 Å². The van der Waals surface area contributed by atoms with Crippen molar-refractivity contribution in [2.24, 2.45) is 0 Å². The van der Waals surface area contributed by atoms with E-state index in [0.29, 0.717) is 19.4 Å². The maximum absolute atomic E-state index is 13.0. The minimum absolute atomic E-state index is 0.0589. The van der Waals surface area contributed by atoms with Gasteiger partial charge in [0.25, 0.3) is 5.91 Å². The molecule has 2 aliphatic heterocycles. The average molecular weight is 461 g/mol. The molecule has 172 valence electrons. The number of H-pyrrole nitrogens is 1. The van der Waals surface area contributed by atoms with Gasteiger partial charge in [0, 0.05) is 36.1 Å². The van der Waals surface area contributed by atoms with Crippen molar-refractivity contribution in [2.75, 3.05) is 24.6 Å². The lowest BCUT2D eigenvalue weighted by Gasteiger charge is -2.29. The molecule has 0 aliphatic carbocycles. The highest BCUT2D eigenvalue weighted by atomic mass is 32.2. The molecule has 4 amide bonds. The number of unbranched alkanes of at least 4 members (excludes halogenated alkanes) is 1. The summed E-state index contributed by atoms with van der Waals surface area (Å²) in [5.74, 6) is -0.838. The van der Waals surface area contributed by atoms with Gasteiger partial charge in [0.1, 0.15) is 12.6 Å². The average Bonchev–Trinajstić information content (AvgIpc) is 3.41. The third kappa shape index (κ3) is 4.50. The molecule has 2 fully saturated rings. The molecule has 0 spiro atoms. The van der Waals surface area contributed by atoms with Gasteiger partial charge in [-0.15, -0.1) is 0 Å². The lowest BCUT2D eigenvalue weighted by atomic mass is 10.1. The Morgan fingerprint density at radius 3 is 2.75 bits per heavy atom. The topological polar surface area (TPSA) is 120 Å². The Morgan fingerprint density at radius 1 is 1.25 bits per heavy atom. The van der Waals surface area contributed by atoms with Crippen LogP contribution >= 0.6 is 0 Å². The zero-order valence-electron chi connectivity index (χ0n) is 18.0. The maximum atomic E-state index is 13.0. The molecule has 32 heavy (non-hydrogen) atoms. The van der Waals surface area contributed by atoms with Crippen LogP contribution in [-0.2, 0) is 25.8 Å². The van der Waals surface area contributed by atoms with Crippen LogP contribution in [0, 0.1) is 0 Å². The van der Waals surface area contributed by atoms with Crippen LogP contribution in [0.5, 0.6) is 0 Å². The van der Waals surface area contributed by atoms with Gasteiger partial charge in [-0.2, -0.15) is 0 Å². The van der Waals surface area contributed by atoms with Crippen LogP contribution in [0.4, 0.5) is 4.79 Å². The highest BCUT2D eigenvalue weighted by Gasteiger charge is 2.41. The van der Waals surface area contributed by atoms with Gasteiger partial charge in [-0.25, -0.2) is 13.2 Å². The number of rotatable bonds is 8. The molecule has 0 radical (unpaired) electrons. The van der Waals surface area contributed by atoms with E-state index in [4.69, 9.17) is 0 Å². The third-order valence-electron chi connectivity index (χ3n) is 6.22. The number of nitrogens with one attached hydrogen (secondary N) is 2. The Hall–Kier alpha value is -2.88. The molecule has 10 heteroatoms. The van der Waals surface area contributed by atoms with Crippen LogP contribution in [0.2, 0.25) is 0 Å². The summed E-state index contributed by atoms with van der Waals surface area (Å²) >= 11 is 0. The fourth-order valence-electron chi connectivity index (χ4n) is 4.47. The van der Waals surface area contributed by atoms with Gasteiger partial charge in [-0.05, 0) is 24.5 Å². The molecule has 2 saturated heterocycles. The molecule has 1 aromatic heterocycles. The molecule has 2 aromatic rings. The second kappa shape index (κ2) is 8.93. The van der Waals surface area contributed by atoms with Gasteiger partial charge in [-0.3, -0.25) is 14.5 Å². The number of benzene rings is 1. The first-order valence-electron chi connectivity index (χ1n) is 11.0. The Balaban J connectivity index is 1.45. The molecule has 4 rings (SSSR count). The van der Waals surface area contributed by atoms with Crippen LogP contribution in [0.1, 0.15) is 31.7 Å². The van der Waals surface area contributed by atoms with E-state index in [9.17, 15) is 22.8 Å². The number of nitrogens with zero attached hydrogens (tertiary/aromatic N) is 2. The summed E-state index contributed by atoms with van der Waals surface area (Å²) in [5, 5.41) is 3.67. The van der Waals surface area contributed by atoms with Crippen molar-refractivity contribution in [2.45, 2.75) is 44.7 Å². The van der Waals surface area contributed by atoms with Crippen LogP contribution < -0.4 is 5.32 Å². The Labute approximate surface area is 187 Å². The molecule has 1 aromatic carbocycles. The normalized spacial score (nSPS) is 22.5. The molecular weight excluding hydrogens is 432 g/mol. The standard InChI is InChI=1S/C22H28N4O5S/c1-2-3-9-25(16-8-10-32(30,31)14-16)20(27)13-26-21(28)19(24-22(26)29)11-15-12-23-18-7-5-4-6-17(15)18/h4-7,12,16,19,23H,2-3,8-11,13-14H2,1H3,(H,24,29)/t16-,19+/m0/s1. The minimum Gasteiger partial charge on any atom is -0.361 e. The van der Waals surface area contributed by atoms with Crippen LogP contribution in [0.15, 0.2) is 30.5 Å². The number of imide groups is 1. The van der Waals surface area contributed by atoms with E-state index in [1.54, 1.807) is 4.90 Å². The van der Waals surface area contributed by atoms with Gasteiger partial charge >= 0.3 is 6.03 Å². The van der Waals surface area contributed by atoms with E-state index in [2.05, 4.69) is 10.3 Å². The highest BCUT2D eigenvalue weighted by Crippen LogP contribution is 2.22. The fourth-order valence-corrected chi connectivity index (χ4v) is 6.20. The van der Waals surface area contributed by atoms with Crippen molar-refractivity contribution in [3.63, 3.8) is 0 Å². The largest absolute Gasteiger partial charge is 0.361 e. The minimum atomic E-state index is -3.16. The van der Waals surface area contributed by atoms with E-state index in [-0.39, 0.29) is 18.1 Å². The molecule has 0 unspecified atom stereocenters. The highest BCUT2D eigenvalue weighted by molar-refractivity contribution is 7.91. The first-order valence-corrected chi connectivity index (χ1v) is 12.8. The molecular formula is C22H28N4O5S.